The molecule has 0 aliphatic heterocycles. The van der Waals surface area contributed by atoms with Gasteiger partial charge in [-0.05, 0) is 41.5 Å². The molecular formula is C12H20Na2O4S2. The van der Waals surface area contributed by atoms with Crippen LogP contribution in [0.3, 0.4) is 0 Å². The first-order valence-electron chi connectivity index (χ1n) is 5.61. The molecule has 0 heterocycles. The molecule has 106 valence electrons. The van der Waals surface area contributed by atoms with E-state index in [2.05, 4.69) is 0 Å². The maximum atomic E-state index is 11.9. The quantitative estimate of drug-likeness (QED) is 0.225. The van der Waals surface area contributed by atoms with Crippen molar-refractivity contribution < 1.29 is 78.2 Å². The number of carbonyl (C=O) groups excluding carboxylic acids is 2. The molecule has 0 rings (SSSR count). The van der Waals surface area contributed by atoms with Crippen molar-refractivity contribution in [1.29, 1.82) is 0 Å². The Kier molecular flexibility index (Phi) is 13.8. The third kappa shape index (κ3) is 12.2. The minimum atomic E-state index is -1.24. The summed E-state index contributed by atoms with van der Waals surface area (Å²) < 4.78 is 9.26. The van der Waals surface area contributed by atoms with Crippen LogP contribution in [0.15, 0.2) is 0 Å². The van der Waals surface area contributed by atoms with E-state index in [-0.39, 0.29) is 59.1 Å². The molecule has 0 aliphatic rings. The zero-order valence-electron chi connectivity index (χ0n) is 13.6. The molecule has 4 nitrogen and oxygen atoms in total. The second-order valence-corrected chi connectivity index (χ2v) is 7.23. The Morgan fingerprint density at radius 2 is 1.05 bits per heavy atom. The van der Waals surface area contributed by atoms with Crippen LogP contribution in [0.2, 0.25) is 0 Å². The van der Waals surface area contributed by atoms with E-state index >= 15 is 0 Å². The average molecular weight is 338 g/mol. The van der Waals surface area contributed by atoms with Gasteiger partial charge in [-0.2, -0.15) is 0 Å². The van der Waals surface area contributed by atoms with Gasteiger partial charge in [0.25, 0.3) is 0 Å². The van der Waals surface area contributed by atoms with Gasteiger partial charge < -0.3 is 34.7 Å². The summed E-state index contributed by atoms with van der Waals surface area (Å²) in [7, 11) is 0. The van der Waals surface area contributed by atoms with Crippen molar-refractivity contribution in [1.82, 2.24) is 0 Å². The van der Waals surface area contributed by atoms with Crippen LogP contribution in [-0.4, -0.2) is 27.7 Å². The van der Waals surface area contributed by atoms with E-state index in [9.17, 15) is 9.59 Å². The predicted molar refractivity (Wildman–Crippen MR) is 73.7 cm³/mol. The first-order chi connectivity index (χ1) is 7.83. The standard InChI is InChI=1S/C12H22O4S2.2Na/c1-11(2,3)15-8(13)7(10(17)18)9(14)16-12(4,5)6;;/h7,10,17-18H,1-6H3;;/q;2*+1/p-2. The van der Waals surface area contributed by atoms with E-state index in [0.717, 1.165) is 0 Å². The van der Waals surface area contributed by atoms with Crippen molar-refractivity contribution in [3.8, 4) is 0 Å². The molecular weight excluding hydrogens is 318 g/mol. The van der Waals surface area contributed by atoms with E-state index in [1.807, 2.05) is 0 Å². The molecule has 0 radical (unpaired) electrons. The molecule has 0 atom stereocenters. The van der Waals surface area contributed by atoms with Gasteiger partial charge in [0.15, 0.2) is 0 Å². The van der Waals surface area contributed by atoms with E-state index in [0.29, 0.717) is 0 Å². The zero-order valence-corrected chi connectivity index (χ0v) is 19.2. The van der Waals surface area contributed by atoms with Crippen molar-refractivity contribution in [2.75, 3.05) is 0 Å². The Balaban J connectivity index is -0.00000144. The smallest absolute Gasteiger partial charge is 0.813 e. The molecule has 0 amide bonds. The fourth-order valence-electron chi connectivity index (χ4n) is 1.05. The molecule has 0 fully saturated rings. The Morgan fingerprint density at radius 3 is 1.20 bits per heavy atom. The molecule has 0 N–H and O–H groups in total. The Bertz CT molecular complexity index is 294. The van der Waals surface area contributed by atoms with Crippen molar-refractivity contribution in [3.63, 3.8) is 0 Å². The summed E-state index contributed by atoms with van der Waals surface area (Å²) in [5, 5.41) is 0. The van der Waals surface area contributed by atoms with Crippen molar-refractivity contribution in [3.05, 3.63) is 0 Å². The Labute approximate surface area is 176 Å². The van der Waals surface area contributed by atoms with Crippen LogP contribution in [0.4, 0.5) is 0 Å². The van der Waals surface area contributed by atoms with Gasteiger partial charge in [0, 0.05) is 0 Å². The van der Waals surface area contributed by atoms with Crippen LogP contribution >= 0.6 is 0 Å². The number of hydrogen-bond acceptors (Lipinski definition) is 6. The first-order valence-corrected chi connectivity index (χ1v) is 6.55. The minimum absolute atomic E-state index is 0. The maximum absolute atomic E-state index is 11.9. The maximum Gasteiger partial charge on any atom is 1.00 e. The van der Waals surface area contributed by atoms with Crippen LogP contribution in [0, 0.1) is 5.92 Å². The van der Waals surface area contributed by atoms with Gasteiger partial charge in [0.1, 0.15) is 17.1 Å². The predicted octanol–water partition coefficient (Wildman–Crippen LogP) is -4.29. The number of ether oxygens (including phenoxy) is 2. The van der Waals surface area contributed by atoms with Crippen molar-refractivity contribution >= 4 is 37.2 Å². The minimum Gasteiger partial charge on any atom is -0.813 e. The molecule has 0 aliphatic carbocycles. The van der Waals surface area contributed by atoms with Gasteiger partial charge in [0.05, 0.1) is 0 Å². The summed E-state index contributed by atoms with van der Waals surface area (Å²) in [5.74, 6) is -2.70. The van der Waals surface area contributed by atoms with Crippen LogP contribution in [0.1, 0.15) is 41.5 Å². The number of rotatable bonds is 3. The molecule has 20 heavy (non-hydrogen) atoms. The molecule has 0 bridgehead atoms. The van der Waals surface area contributed by atoms with Gasteiger partial charge in [0.2, 0.25) is 0 Å². The Hall–Kier alpha value is 1.64. The summed E-state index contributed by atoms with van der Waals surface area (Å²) >= 11 is 9.69. The van der Waals surface area contributed by atoms with Gasteiger partial charge in [-0.15, -0.1) is 0 Å². The van der Waals surface area contributed by atoms with Crippen molar-refractivity contribution in [2.24, 2.45) is 5.92 Å². The van der Waals surface area contributed by atoms with Crippen molar-refractivity contribution in [2.45, 2.75) is 57.3 Å². The molecule has 0 saturated heterocycles. The molecule has 0 aromatic heterocycles. The molecule has 0 spiro atoms. The fourth-order valence-corrected chi connectivity index (χ4v) is 1.49. The monoisotopic (exact) mass is 338 g/mol. The number of hydrogen-bond donors (Lipinski definition) is 0. The SMILES string of the molecule is CC(C)(C)OC(=O)C(C(=O)OC(C)(C)C)C([S-])[S-].[Na+].[Na+]. The van der Waals surface area contributed by atoms with Gasteiger partial charge >= 0.3 is 71.1 Å². The molecule has 0 aromatic carbocycles. The second-order valence-electron chi connectivity index (χ2n) is 5.91. The van der Waals surface area contributed by atoms with Gasteiger partial charge in [-0.3, -0.25) is 14.2 Å². The third-order valence-corrected chi connectivity index (χ3v) is 2.14. The van der Waals surface area contributed by atoms with Gasteiger partial charge in [-0.1, -0.05) is 0 Å². The van der Waals surface area contributed by atoms with E-state index in [1.165, 1.54) is 0 Å². The molecule has 0 aromatic rings. The number of esters is 2. The third-order valence-electron chi connectivity index (χ3n) is 1.59. The van der Waals surface area contributed by atoms with Crippen LogP contribution in [0.5, 0.6) is 0 Å². The van der Waals surface area contributed by atoms with Crippen LogP contribution < -0.4 is 59.1 Å². The van der Waals surface area contributed by atoms with Crippen LogP contribution in [0.25, 0.3) is 0 Å². The largest absolute Gasteiger partial charge is 1.00 e. The number of carbonyl (C=O) groups is 2. The van der Waals surface area contributed by atoms with Gasteiger partial charge in [-0.25, -0.2) is 0 Å². The average Bonchev–Trinajstić information content (AvgIpc) is 1.93. The Morgan fingerprint density at radius 1 is 0.800 bits per heavy atom. The molecule has 8 heteroatoms. The topological polar surface area (TPSA) is 52.6 Å². The van der Waals surface area contributed by atoms with E-state index < -0.39 is 33.6 Å². The fraction of sp³-hybridized carbons (Fsp3) is 0.833. The summed E-state index contributed by atoms with van der Waals surface area (Å²) in [6.07, 6.45) is 0. The summed E-state index contributed by atoms with van der Waals surface area (Å²) in [6.45, 7) is 10.2. The molecule has 0 unspecified atom stereocenters. The summed E-state index contributed by atoms with van der Waals surface area (Å²) in [6, 6.07) is 0. The molecule has 0 saturated carbocycles. The van der Waals surface area contributed by atoms with E-state index in [4.69, 9.17) is 34.7 Å². The van der Waals surface area contributed by atoms with E-state index in [1.54, 1.807) is 41.5 Å². The summed E-state index contributed by atoms with van der Waals surface area (Å²) in [4.78, 5) is 23.7. The first kappa shape index (κ1) is 26.5. The second kappa shape index (κ2) is 10.4. The van der Waals surface area contributed by atoms with Crippen LogP contribution in [-0.2, 0) is 44.3 Å². The summed E-state index contributed by atoms with van der Waals surface area (Å²) in [5.41, 5.74) is -1.40. The normalized spacial score (nSPS) is 11.5. The zero-order chi connectivity index (χ0) is 14.7.